The second-order valence-corrected chi connectivity index (χ2v) is 9.46. The van der Waals surface area contributed by atoms with Gasteiger partial charge in [-0.1, -0.05) is 30.7 Å². The van der Waals surface area contributed by atoms with Crippen LogP contribution in [0.3, 0.4) is 0 Å². The molecule has 6 nitrogen and oxygen atoms in total. The van der Waals surface area contributed by atoms with E-state index in [-0.39, 0.29) is 29.7 Å². The lowest BCUT2D eigenvalue weighted by Crippen LogP contribution is -2.42. The van der Waals surface area contributed by atoms with Gasteiger partial charge < -0.3 is 15.0 Å². The van der Waals surface area contributed by atoms with Crippen molar-refractivity contribution < 1.29 is 35.9 Å². The van der Waals surface area contributed by atoms with Crippen LogP contribution in [0.4, 0.5) is 26.3 Å². The lowest BCUT2D eigenvalue weighted by molar-refractivity contribution is -0.137. The minimum Gasteiger partial charge on any atom is -0.373 e. The summed E-state index contributed by atoms with van der Waals surface area (Å²) in [6.45, 7) is 1.17. The molecule has 13 heteroatoms. The van der Waals surface area contributed by atoms with Crippen LogP contribution >= 0.6 is 11.6 Å². The van der Waals surface area contributed by atoms with Crippen molar-refractivity contribution in [2.75, 3.05) is 0 Å². The van der Waals surface area contributed by atoms with Gasteiger partial charge in [-0.25, -0.2) is 13.8 Å². The zero-order valence-electron chi connectivity index (χ0n) is 20.4. The third-order valence-electron chi connectivity index (χ3n) is 6.42. The molecule has 1 aliphatic carbocycles. The highest BCUT2D eigenvalue weighted by Gasteiger charge is 2.38. The van der Waals surface area contributed by atoms with Gasteiger partial charge in [0.1, 0.15) is 17.5 Å². The van der Waals surface area contributed by atoms with E-state index >= 15 is 4.39 Å². The molecule has 1 aromatic heterocycles. The first-order valence-corrected chi connectivity index (χ1v) is 12.3. The summed E-state index contributed by atoms with van der Waals surface area (Å²) in [5.74, 6) is -4.83. The lowest BCUT2D eigenvalue weighted by atomic mass is 9.81. The number of aromatic nitrogens is 2. The summed E-state index contributed by atoms with van der Waals surface area (Å²) >= 11 is 5.74. The van der Waals surface area contributed by atoms with Crippen LogP contribution in [0.15, 0.2) is 35.1 Å². The normalized spacial score (nSPS) is 17.1. The molecule has 0 aliphatic heterocycles. The molecule has 0 spiro atoms. The van der Waals surface area contributed by atoms with Gasteiger partial charge in [-0.3, -0.25) is 9.59 Å². The van der Waals surface area contributed by atoms with Gasteiger partial charge in [-0.15, -0.1) is 0 Å². The molecule has 1 heterocycles. The van der Waals surface area contributed by atoms with E-state index < -0.39 is 70.2 Å². The number of hydrogen-bond acceptors (Lipinski definition) is 4. The van der Waals surface area contributed by atoms with Crippen molar-refractivity contribution in [1.82, 2.24) is 15.3 Å². The maximum atomic E-state index is 15.4. The fraction of sp³-hybridized carbons (Fsp3) is 0.346. The minimum absolute atomic E-state index is 0.0343. The van der Waals surface area contributed by atoms with Crippen molar-refractivity contribution in [1.29, 1.82) is 0 Å². The highest BCUT2D eigenvalue weighted by molar-refractivity contribution is 6.30. The summed E-state index contributed by atoms with van der Waals surface area (Å²) in [6, 6.07) is 5.68. The van der Waals surface area contributed by atoms with Gasteiger partial charge in [0.25, 0.3) is 5.56 Å². The molecule has 39 heavy (non-hydrogen) atoms. The first kappa shape index (κ1) is 28.6. The van der Waals surface area contributed by atoms with Crippen LogP contribution in [0.5, 0.6) is 0 Å². The molecule has 1 saturated carbocycles. The number of H-pyrrole nitrogens is 1. The molecule has 2 aromatic carbocycles. The first-order chi connectivity index (χ1) is 18.4. The van der Waals surface area contributed by atoms with Gasteiger partial charge in [0.15, 0.2) is 0 Å². The Morgan fingerprint density at radius 3 is 2.51 bits per heavy atom. The average molecular weight is 574 g/mol. The van der Waals surface area contributed by atoms with E-state index in [0.717, 1.165) is 6.07 Å². The topological polar surface area (TPSA) is 84.1 Å². The molecule has 1 fully saturated rings. The molecule has 4 rings (SSSR count). The maximum Gasteiger partial charge on any atom is 0.417 e. The van der Waals surface area contributed by atoms with Crippen LogP contribution in [0.25, 0.3) is 11.4 Å². The zero-order valence-corrected chi connectivity index (χ0v) is 21.2. The van der Waals surface area contributed by atoms with Crippen LogP contribution < -0.4 is 10.9 Å². The summed E-state index contributed by atoms with van der Waals surface area (Å²) in [4.78, 5) is 30.0. The van der Waals surface area contributed by atoms with Gasteiger partial charge >= 0.3 is 6.18 Å². The van der Waals surface area contributed by atoms with Crippen LogP contribution in [-0.4, -0.2) is 22.0 Å². The van der Waals surface area contributed by atoms with Gasteiger partial charge in [0.05, 0.1) is 34.6 Å². The van der Waals surface area contributed by atoms with Crippen LogP contribution in [0.2, 0.25) is 5.02 Å². The molecular formula is C26H22ClF6N3O3. The van der Waals surface area contributed by atoms with E-state index in [4.69, 9.17) is 16.3 Å². The average Bonchev–Trinajstić information content (AvgIpc) is 2.85. The molecule has 0 bridgehead atoms. The number of aryl methyl sites for hydroxylation is 1. The molecule has 0 radical (unpaired) electrons. The minimum atomic E-state index is -5.00. The number of alkyl halides is 3. The summed E-state index contributed by atoms with van der Waals surface area (Å²) < 4.78 is 89.2. The Hall–Kier alpha value is -3.38. The van der Waals surface area contributed by atoms with Gasteiger partial charge in [0, 0.05) is 18.0 Å². The summed E-state index contributed by atoms with van der Waals surface area (Å²) in [5.41, 5.74) is -3.81. The third kappa shape index (κ3) is 6.27. The molecule has 3 aromatic rings. The van der Waals surface area contributed by atoms with Crippen molar-refractivity contribution in [3.8, 4) is 11.4 Å². The number of nitrogens with one attached hydrogen (secondary N) is 2. The molecule has 0 unspecified atom stereocenters. The maximum absolute atomic E-state index is 15.4. The largest absolute Gasteiger partial charge is 0.417 e. The number of hydrogen-bond donors (Lipinski definition) is 2. The number of amides is 1. The predicted octanol–water partition coefficient (Wildman–Crippen LogP) is 5.70. The van der Waals surface area contributed by atoms with Crippen molar-refractivity contribution in [3.63, 3.8) is 0 Å². The standard InChI is InChI=1S/C26H22ClF6N3O3/c1-2-19-22(30)25(38)36-23(35-19)20-16(26(31,32)33)5-4-13(21(20)29)10-34-24(37)14-8-15(9-14)39-11-12-3-6-18(28)17(27)7-12/h3-7,14-15H,2,8-11H2,1H3,(H,34,37)(H,35,36,38). The van der Waals surface area contributed by atoms with Gasteiger partial charge in [0.2, 0.25) is 11.7 Å². The Labute approximate surface area is 223 Å². The molecule has 1 amide bonds. The highest BCUT2D eigenvalue weighted by atomic mass is 35.5. The lowest BCUT2D eigenvalue weighted by Gasteiger charge is -2.34. The summed E-state index contributed by atoms with van der Waals surface area (Å²) in [5, 5.41) is 2.47. The van der Waals surface area contributed by atoms with Crippen molar-refractivity contribution in [3.05, 3.63) is 85.5 Å². The molecule has 208 valence electrons. The molecule has 2 N–H and O–H groups in total. The van der Waals surface area contributed by atoms with E-state index in [2.05, 4.69) is 10.3 Å². The number of carbonyl (C=O) groups excluding carboxylic acids is 1. The number of nitrogens with zero attached hydrogens (tertiary/aromatic N) is 1. The van der Waals surface area contributed by atoms with E-state index in [1.165, 1.54) is 25.1 Å². The highest BCUT2D eigenvalue weighted by Crippen LogP contribution is 2.38. The Kier molecular flexibility index (Phi) is 8.36. The fourth-order valence-electron chi connectivity index (χ4n) is 4.17. The number of carbonyl (C=O) groups is 1. The van der Waals surface area contributed by atoms with Crippen LogP contribution in [0, 0.1) is 23.4 Å². The Morgan fingerprint density at radius 2 is 1.87 bits per heavy atom. The molecule has 1 aliphatic rings. The van der Waals surface area contributed by atoms with Gasteiger partial charge in [-0.2, -0.15) is 17.6 Å². The fourth-order valence-corrected chi connectivity index (χ4v) is 4.37. The molecular weight excluding hydrogens is 552 g/mol. The number of benzene rings is 2. The number of halogens is 7. The second kappa shape index (κ2) is 11.4. The molecule has 0 saturated heterocycles. The quantitative estimate of drug-likeness (QED) is 0.339. The van der Waals surface area contributed by atoms with E-state index in [9.17, 15) is 31.5 Å². The van der Waals surface area contributed by atoms with Crippen LogP contribution in [0.1, 0.15) is 42.1 Å². The monoisotopic (exact) mass is 573 g/mol. The zero-order chi connectivity index (χ0) is 28.5. The van der Waals surface area contributed by atoms with Gasteiger partial charge in [-0.05, 0) is 43.0 Å². The Balaban J connectivity index is 1.43. The van der Waals surface area contributed by atoms with E-state index in [0.29, 0.717) is 24.5 Å². The Morgan fingerprint density at radius 1 is 1.15 bits per heavy atom. The van der Waals surface area contributed by atoms with Crippen molar-refractivity contribution in [2.24, 2.45) is 5.92 Å². The smallest absolute Gasteiger partial charge is 0.373 e. The molecule has 0 atom stereocenters. The summed E-state index contributed by atoms with van der Waals surface area (Å²) in [7, 11) is 0. The third-order valence-corrected chi connectivity index (χ3v) is 6.71. The van der Waals surface area contributed by atoms with E-state index in [1.54, 1.807) is 0 Å². The van der Waals surface area contributed by atoms with Crippen LogP contribution in [-0.2, 0) is 35.3 Å². The van der Waals surface area contributed by atoms with Crippen molar-refractivity contribution >= 4 is 17.5 Å². The predicted molar refractivity (Wildman–Crippen MR) is 129 cm³/mol. The second-order valence-electron chi connectivity index (χ2n) is 9.06. The number of rotatable bonds is 8. The summed E-state index contributed by atoms with van der Waals surface area (Å²) in [6.07, 6.45) is -4.62. The van der Waals surface area contributed by atoms with Crippen molar-refractivity contribution in [2.45, 2.75) is 51.6 Å². The van der Waals surface area contributed by atoms with E-state index in [1.807, 2.05) is 4.98 Å². The number of aromatic amines is 1. The number of ether oxygens (including phenoxy) is 1. The Bertz CT molecular complexity index is 1450. The first-order valence-electron chi connectivity index (χ1n) is 11.9. The SMILES string of the molecule is CCc1nc(-c2c(C(F)(F)F)ccc(CNC(=O)C3CC(OCc4ccc(F)c(Cl)c4)C3)c2F)[nH]c(=O)c1F.